The molecule has 0 atom stereocenters. The average molecular weight is 232 g/mol. The molecule has 0 radical (unpaired) electrons. The van der Waals surface area contributed by atoms with Crippen molar-refractivity contribution in [3.8, 4) is 6.07 Å². The van der Waals surface area contributed by atoms with Gasteiger partial charge in [-0.3, -0.25) is 4.79 Å². The van der Waals surface area contributed by atoms with Crippen LogP contribution in [0.4, 0.5) is 5.69 Å². The van der Waals surface area contributed by atoms with Crippen LogP contribution in [0.1, 0.15) is 26.3 Å². The molecule has 0 fully saturated rings. The van der Waals surface area contributed by atoms with Crippen LogP contribution in [0, 0.1) is 11.3 Å². The molecular weight excluding hydrogens is 216 g/mol. The Kier molecular flexibility index (Phi) is 4.11. The molecule has 0 saturated heterocycles. The summed E-state index contributed by atoms with van der Waals surface area (Å²) in [5.41, 5.74) is 0.909. The Hall–Kier alpha value is -2.02. The maximum Gasteiger partial charge on any atom is 0.325 e. The van der Waals surface area contributed by atoms with Crippen LogP contribution in [0.2, 0.25) is 0 Å². The first-order valence-electron chi connectivity index (χ1n) is 5.36. The first-order valence-corrected chi connectivity index (χ1v) is 5.36. The molecular formula is C13H16N2O2. The van der Waals surface area contributed by atoms with Gasteiger partial charge in [0.15, 0.2) is 0 Å². The predicted molar refractivity (Wildman–Crippen MR) is 65.5 cm³/mol. The lowest BCUT2D eigenvalue weighted by atomic mass is 10.2. The van der Waals surface area contributed by atoms with Crippen molar-refractivity contribution in [3.63, 3.8) is 0 Å². The molecule has 0 unspecified atom stereocenters. The number of benzene rings is 1. The van der Waals surface area contributed by atoms with Crippen molar-refractivity contribution in [2.45, 2.75) is 26.4 Å². The van der Waals surface area contributed by atoms with Crippen molar-refractivity contribution in [2.75, 3.05) is 11.9 Å². The molecule has 0 saturated carbocycles. The number of rotatable bonds is 3. The third-order valence-electron chi connectivity index (χ3n) is 1.87. The van der Waals surface area contributed by atoms with Gasteiger partial charge in [-0.25, -0.2) is 0 Å². The Labute approximate surface area is 101 Å². The first-order chi connectivity index (χ1) is 7.90. The number of carbonyl (C=O) groups is 1. The zero-order valence-electron chi connectivity index (χ0n) is 10.3. The summed E-state index contributed by atoms with van der Waals surface area (Å²) in [5.74, 6) is -0.304. The van der Waals surface area contributed by atoms with Gasteiger partial charge in [0.05, 0.1) is 11.6 Å². The summed E-state index contributed by atoms with van der Waals surface area (Å²) >= 11 is 0. The van der Waals surface area contributed by atoms with Crippen LogP contribution in [-0.4, -0.2) is 18.1 Å². The quantitative estimate of drug-likeness (QED) is 0.812. The minimum Gasteiger partial charge on any atom is -0.459 e. The number of anilines is 1. The minimum absolute atomic E-state index is 0.114. The SMILES string of the molecule is CC(C)(C)OC(=O)CNc1ccc(C#N)cc1. The molecule has 0 amide bonds. The predicted octanol–water partition coefficient (Wildman–Crippen LogP) is 2.31. The standard InChI is InChI=1S/C13H16N2O2/c1-13(2,3)17-12(16)9-15-11-6-4-10(8-14)5-7-11/h4-7,15H,9H2,1-3H3. The molecule has 0 aliphatic carbocycles. The van der Waals surface area contributed by atoms with Crippen molar-refractivity contribution in [1.82, 2.24) is 0 Å². The van der Waals surface area contributed by atoms with Crippen molar-refractivity contribution < 1.29 is 9.53 Å². The molecule has 0 aliphatic rings. The van der Waals surface area contributed by atoms with Crippen molar-refractivity contribution in [3.05, 3.63) is 29.8 Å². The van der Waals surface area contributed by atoms with Crippen LogP contribution in [-0.2, 0) is 9.53 Å². The van der Waals surface area contributed by atoms with Crippen LogP contribution < -0.4 is 5.32 Å². The molecule has 90 valence electrons. The number of hydrogen-bond donors (Lipinski definition) is 1. The normalized spacial score (nSPS) is 10.5. The maximum absolute atomic E-state index is 11.4. The molecule has 17 heavy (non-hydrogen) atoms. The third-order valence-corrected chi connectivity index (χ3v) is 1.87. The zero-order valence-corrected chi connectivity index (χ0v) is 10.3. The smallest absolute Gasteiger partial charge is 0.325 e. The van der Waals surface area contributed by atoms with Gasteiger partial charge in [-0.1, -0.05) is 0 Å². The number of hydrogen-bond acceptors (Lipinski definition) is 4. The van der Waals surface area contributed by atoms with E-state index < -0.39 is 5.60 Å². The van der Waals surface area contributed by atoms with E-state index in [9.17, 15) is 4.79 Å². The summed E-state index contributed by atoms with van der Waals surface area (Å²) in [6.07, 6.45) is 0. The van der Waals surface area contributed by atoms with Crippen LogP contribution in [0.5, 0.6) is 0 Å². The first kappa shape index (κ1) is 13.0. The van der Waals surface area contributed by atoms with Gasteiger partial charge in [-0.2, -0.15) is 5.26 Å². The lowest BCUT2D eigenvalue weighted by Crippen LogP contribution is -2.28. The Morgan fingerprint density at radius 2 is 1.94 bits per heavy atom. The highest BCUT2D eigenvalue weighted by Crippen LogP contribution is 2.10. The Morgan fingerprint density at radius 1 is 1.35 bits per heavy atom. The number of esters is 1. The van der Waals surface area contributed by atoms with Crippen LogP contribution in [0.25, 0.3) is 0 Å². The fourth-order valence-corrected chi connectivity index (χ4v) is 1.21. The van der Waals surface area contributed by atoms with Gasteiger partial charge in [0.2, 0.25) is 0 Å². The van der Waals surface area contributed by atoms with Crippen LogP contribution in [0.3, 0.4) is 0 Å². The largest absolute Gasteiger partial charge is 0.459 e. The second-order valence-electron chi connectivity index (χ2n) is 4.63. The molecule has 0 aromatic heterocycles. The van der Waals surface area contributed by atoms with Gasteiger partial charge in [0.1, 0.15) is 12.1 Å². The van der Waals surface area contributed by atoms with E-state index in [0.717, 1.165) is 5.69 Å². The molecule has 0 aliphatic heterocycles. The van der Waals surface area contributed by atoms with E-state index in [1.54, 1.807) is 24.3 Å². The van der Waals surface area contributed by atoms with Gasteiger partial charge in [-0.05, 0) is 45.0 Å². The van der Waals surface area contributed by atoms with Crippen molar-refractivity contribution >= 4 is 11.7 Å². The number of nitriles is 1. The highest BCUT2D eigenvalue weighted by atomic mass is 16.6. The lowest BCUT2D eigenvalue weighted by Gasteiger charge is -2.19. The highest BCUT2D eigenvalue weighted by Gasteiger charge is 2.15. The van der Waals surface area contributed by atoms with E-state index >= 15 is 0 Å². The van der Waals surface area contributed by atoms with Crippen molar-refractivity contribution in [2.24, 2.45) is 0 Å². The number of carbonyl (C=O) groups excluding carboxylic acids is 1. The zero-order chi connectivity index (χ0) is 12.9. The van der Waals surface area contributed by atoms with Gasteiger partial charge >= 0.3 is 5.97 Å². The minimum atomic E-state index is -0.469. The summed E-state index contributed by atoms with van der Waals surface area (Å²) in [7, 11) is 0. The Morgan fingerprint density at radius 3 is 2.41 bits per heavy atom. The fraction of sp³-hybridized carbons (Fsp3) is 0.385. The number of nitrogens with zero attached hydrogens (tertiary/aromatic N) is 1. The molecule has 0 bridgehead atoms. The van der Waals surface area contributed by atoms with Crippen LogP contribution >= 0.6 is 0 Å². The van der Waals surface area contributed by atoms with E-state index in [2.05, 4.69) is 5.32 Å². The van der Waals surface area contributed by atoms with E-state index in [0.29, 0.717) is 5.56 Å². The topological polar surface area (TPSA) is 62.1 Å². The molecule has 4 heteroatoms. The molecule has 4 nitrogen and oxygen atoms in total. The Bertz CT molecular complexity index is 424. The van der Waals surface area contributed by atoms with E-state index in [1.165, 1.54) is 0 Å². The second-order valence-corrected chi connectivity index (χ2v) is 4.63. The highest BCUT2D eigenvalue weighted by molar-refractivity contribution is 5.75. The van der Waals surface area contributed by atoms with E-state index in [-0.39, 0.29) is 12.5 Å². The average Bonchev–Trinajstić information content (AvgIpc) is 2.25. The lowest BCUT2D eigenvalue weighted by molar-refractivity contribution is -0.152. The van der Waals surface area contributed by atoms with Gasteiger partial charge in [0.25, 0.3) is 0 Å². The number of ether oxygens (including phenoxy) is 1. The molecule has 1 N–H and O–H groups in total. The van der Waals surface area contributed by atoms with E-state index in [1.807, 2.05) is 26.8 Å². The third kappa shape index (κ3) is 5.03. The monoisotopic (exact) mass is 232 g/mol. The number of nitrogens with one attached hydrogen (secondary N) is 1. The molecule has 0 spiro atoms. The summed E-state index contributed by atoms with van der Waals surface area (Å²) in [6.45, 7) is 5.59. The summed E-state index contributed by atoms with van der Waals surface area (Å²) in [4.78, 5) is 11.4. The van der Waals surface area contributed by atoms with Gasteiger partial charge in [-0.15, -0.1) is 0 Å². The molecule has 0 heterocycles. The molecule has 1 rings (SSSR count). The van der Waals surface area contributed by atoms with E-state index in [4.69, 9.17) is 10.00 Å². The Balaban J connectivity index is 2.45. The van der Waals surface area contributed by atoms with Crippen molar-refractivity contribution in [1.29, 1.82) is 5.26 Å². The van der Waals surface area contributed by atoms with Gasteiger partial charge in [0, 0.05) is 5.69 Å². The summed E-state index contributed by atoms with van der Waals surface area (Å²) < 4.78 is 5.15. The maximum atomic E-state index is 11.4. The molecule has 1 aromatic carbocycles. The summed E-state index contributed by atoms with van der Waals surface area (Å²) in [6, 6.07) is 8.92. The van der Waals surface area contributed by atoms with Gasteiger partial charge < -0.3 is 10.1 Å². The van der Waals surface area contributed by atoms with Crippen LogP contribution in [0.15, 0.2) is 24.3 Å². The second kappa shape index (κ2) is 5.35. The molecule has 1 aromatic rings. The fourth-order valence-electron chi connectivity index (χ4n) is 1.21. The summed E-state index contributed by atoms with van der Waals surface area (Å²) in [5, 5.41) is 11.6.